The quantitative estimate of drug-likeness (QED) is 0.375. The fraction of sp³-hybridized carbons (Fsp3) is 0.778. The third-order valence-corrected chi connectivity index (χ3v) is 6.02. The highest BCUT2D eigenvalue weighted by Gasteiger charge is 2.49. The average Bonchev–Trinajstić information content (AvgIpc) is 2.69. The van der Waals surface area contributed by atoms with Crippen molar-refractivity contribution in [2.75, 3.05) is 0 Å². The molecule has 8 heteroatoms. The Labute approximate surface area is 152 Å². The van der Waals surface area contributed by atoms with Crippen LogP contribution in [-0.2, 0) is 19.2 Å². The van der Waals surface area contributed by atoms with Crippen molar-refractivity contribution in [1.29, 1.82) is 0 Å². The minimum Gasteiger partial charge on any atom is -0.480 e. The van der Waals surface area contributed by atoms with Crippen LogP contribution in [0.2, 0.25) is 0 Å². The molecule has 1 aliphatic carbocycles. The fourth-order valence-electron chi connectivity index (χ4n) is 3.91. The number of carboxylic acids is 4. The molecule has 3 unspecified atom stereocenters. The van der Waals surface area contributed by atoms with E-state index in [0.717, 1.165) is 33.1 Å². The van der Waals surface area contributed by atoms with Crippen molar-refractivity contribution in [2.24, 2.45) is 28.6 Å². The lowest BCUT2D eigenvalue weighted by Crippen LogP contribution is -2.43. The van der Waals surface area contributed by atoms with E-state index in [9.17, 15) is 39.6 Å². The molecule has 4 N–H and O–H groups in total. The zero-order valence-electron chi connectivity index (χ0n) is 15.4. The van der Waals surface area contributed by atoms with E-state index in [-0.39, 0.29) is 30.6 Å². The first-order valence-electron chi connectivity index (χ1n) is 8.80. The maximum Gasteiger partial charge on any atom is 0.320 e. The van der Waals surface area contributed by atoms with E-state index in [1.165, 1.54) is 0 Å². The van der Waals surface area contributed by atoms with Gasteiger partial charge < -0.3 is 20.4 Å². The zero-order chi connectivity index (χ0) is 20.3. The molecule has 0 aliphatic heterocycles. The Morgan fingerprint density at radius 3 is 1.58 bits per heavy atom. The fourth-order valence-corrected chi connectivity index (χ4v) is 3.91. The van der Waals surface area contributed by atoms with Gasteiger partial charge in [0, 0.05) is 0 Å². The van der Waals surface area contributed by atoms with Crippen LogP contribution in [0.5, 0.6) is 0 Å². The van der Waals surface area contributed by atoms with Gasteiger partial charge in [-0.1, -0.05) is 32.6 Å². The Hall–Kier alpha value is -2.12. The van der Waals surface area contributed by atoms with Crippen molar-refractivity contribution in [3.8, 4) is 0 Å². The van der Waals surface area contributed by atoms with Gasteiger partial charge in [-0.2, -0.15) is 0 Å². The van der Waals surface area contributed by atoms with E-state index in [1.807, 2.05) is 6.92 Å². The van der Waals surface area contributed by atoms with Gasteiger partial charge in [-0.05, 0) is 44.4 Å². The molecule has 1 fully saturated rings. The molecular weight excluding hydrogens is 344 g/mol. The van der Waals surface area contributed by atoms with Gasteiger partial charge in [0.05, 0.1) is 0 Å². The Kier molecular flexibility index (Phi) is 6.79. The standard InChI is InChI=1S/C18H28O8/c1-10-6-4-5-7-11(8-17(2,13(19)20)14(21)22)12(10)9-18(3,15(23)24)16(25)26/h10-12H,4-9H2,1-3H3,(H,19,20)(H,21,22)(H,23,24)(H,25,26). The molecule has 1 saturated carbocycles. The monoisotopic (exact) mass is 372 g/mol. The molecule has 0 saturated heterocycles. The maximum atomic E-state index is 11.6. The number of rotatable bonds is 8. The summed E-state index contributed by atoms with van der Waals surface area (Å²) < 4.78 is 0. The number of hydrogen-bond donors (Lipinski definition) is 4. The van der Waals surface area contributed by atoms with Gasteiger partial charge in [0.15, 0.2) is 10.8 Å². The molecule has 0 bridgehead atoms. The van der Waals surface area contributed by atoms with E-state index >= 15 is 0 Å². The highest BCUT2D eigenvalue weighted by Crippen LogP contribution is 2.45. The molecule has 3 atom stereocenters. The van der Waals surface area contributed by atoms with Crippen LogP contribution in [0.3, 0.4) is 0 Å². The molecule has 148 valence electrons. The topological polar surface area (TPSA) is 149 Å². The molecule has 0 aromatic carbocycles. The molecule has 1 aliphatic rings. The summed E-state index contributed by atoms with van der Waals surface area (Å²) in [7, 11) is 0. The summed E-state index contributed by atoms with van der Waals surface area (Å²) >= 11 is 0. The van der Waals surface area contributed by atoms with Gasteiger partial charge in [0.25, 0.3) is 0 Å². The van der Waals surface area contributed by atoms with Crippen molar-refractivity contribution in [3.63, 3.8) is 0 Å². The minimum atomic E-state index is -2.00. The molecule has 8 nitrogen and oxygen atoms in total. The van der Waals surface area contributed by atoms with Gasteiger partial charge in [-0.25, -0.2) is 0 Å². The van der Waals surface area contributed by atoms with Crippen LogP contribution >= 0.6 is 0 Å². The second kappa shape index (κ2) is 8.05. The Morgan fingerprint density at radius 1 is 0.769 bits per heavy atom. The maximum absolute atomic E-state index is 11.6. The van der Waals surface area contributed by atoms with Crippen LogP contribution in [0.15, 0.2) is 0 Å². The van der Waals surface area contributed by atoms with E-state index in [1.54, 1.807) is 0 Å². The largest absolute Gasteiger partial charge is 0.480 e. The first-order chi connectivity index (χ1) is 11.9. The molecule has 0 spiro atoms. The Bertz CT molecular complexity index is 554. The van der Waals surface area contributed by atoms with Crippen LogP contribution in [-0.4, -0.2) is 44.3 Å². The number of hydrogen-bond acceptors (Lipinski definition) is 4. The van der Waals surface area contributed by atoms with E-state index in [2.05, 4.69) is 0 Å². The summed E-state index contributed by atoms with van der Waals surface area (Å²) in [5.41, 5.74) is -3.99. The number of carboxylic acid groups (broad SMARTS) is 4. The van der Waals surface area contributed by atoms with Crippen LogP contribution in [0.1, 0.15) is 59.3 Å². The summed E-state index contributed by atoms with van der Waals surface area (Å²) in [6.45, 7) is 4.20. The zero-order valence-corrected chi connectivity index (χ0v) is 15.4. The van der Waals surface area contributed by atoms with Crippen LogP contribution < -0.4 is 0 Å². The normalized spacial score (nSPS) is 24.5. The molecule has 0 radical (unpaired) electrons. The van der Waals surface area contributed by atoms with E-state index < -0.39 is 34.7 Å². The predicted molar refractivity (Wildman–Crippen MR) is 90.6 cm³/mol. The van der Waals surface area contributed by atoms with Crippen molar-refractivity contribution >= 4 is 23.9 Å². The number of aliphatic carboxylic acids is 4. The van der Waals surface area contributed by atoms with Gasteiger partial charge >= 0.3 is 23.9 Å². The lowest BCUT2D eigenvalue weighted by atomic mass is 9.66. The van der Waals surface area contributed by atoms with Gasteiger partial charge in [-0.3, -0.25) is 19.2 Å². The van der Waals surface area contributed by atoms with Crippen molar-refractivity contribution in [2.45, 2.75) is 59.3 Å². The molecule has 0 aromatic heterocycles. The van der Waals surface area contributed by atoms with Crippen LogP contribution in [0, 0.1) is 28.6 Å². The first-order valence-corrected chi connectivity index (χ1v) is 8.80. The van der Waals surface area contributed by atoms with Gasteiger partial charge in [-0.15, -0.1) is 0 Å². The van der Waals surface area contributed by atoms with Crippen LogP contribution in [0.25, 0.3) is 0 Å². The number of carbonyl (C=O) groups is 4. The molecule has 0 amide bonds. The summed E-state index contributed by atoms with van der Waals surface area (Å²) in [5.74, 6) is -6.55. The SMILES string of the molecule is CC1CCCCC(CC(C)(C(=O)O)C(=O)O)C1CC(C)(C(=O)O)C(=O)O. The van der Waals surface area contributed by atoms with Crippen molar-refractivity contribution < 1.29 is 39.6 Å². The lowest BCUT2D eigenvalue weighted by molar-refractivity contribution is -0.169. The molecule has 0 heterocycles. The van der Waals surface area contributed by atoms with Gasteiger partial charge in [0.2, 0.25) is 0 Å². The van der Waals surface area contributed by atoms with Crippen molar-refractivity contribution in [1.82, 2.24) is 0 Å². The summed E-state index contributed by atoms with van der Waals surface area (Å²) in [6, 6.07) is 0. The minimum absolute atomic E-state index is 0.0210. The van der Waals surface area contributed by atoms with E-state index in [0.29, 0.717) is 6.42 Å². The molecular formula is C18H28O8. The summed E-state index contributed by atoms with van der Waals surface area (Å²) in [5, 5.41) is 37.6. The molecule has 0 aromatic rings. The van der Waals surface area contributed by atoms with E-state index in [4.69, 9.17) is 0 Å². The second-order valence-corrected chi connectivity index (χ2v) is 7.98. The average molecular weight is 372 g/mol. The first kappa shape index (κ1) is 21.9. The highest BCUT2D eigenvalue weighted by molar-refractivity contribution is 5.98. The van der Waals surface area contributed by atoms with Crippen molar-refractivity contribution in [3.05, 3.63) is 0 Å². The summed E-state index contributed by atoms with van der Waals surface area (Å²) in [6.07, 6.45) is 2.66. The molecule has 26 heavy (non-hydrogen) atoms. The third kappa shape index (κ3) is 4.34. The summed E-state index contributed by atoms with van der Waals surface area (Å²) in [4.78, 5) is 46.2. The predicted octanol–water partition coefficient (Wildman–Crippen LogP) is 2.56. The third-order valence-electron chi connectivity index (χ3n) is 6.02. The van der Waals surface area contributed by atoms with Gasteiger partial charge in [0.1, 0.15) is 0 Å². The highest BCUT2D eigenvalue weighted by atomic mass is 16.4. The second-order valence-electron chi connectivity index (χ2n) is 7.98. The molecule has 1 rings (SSSR count). The smallest absolute Gasteiger partial charge is 0.320 e. The Balaban J connectivity index is 3.25. The van der Waals surface area contributed by atoms with Crippen LogP contribution in [0.4, 0.5) is 0 Å². The Morgan fingerprint density at radius 2 is 1.15 bits per heavy atom. The lowest BCUT2D eigenvalue weighted by Gasteiger charge is -2.36.